The van der Waals surface area contributed by atoms with Crippen molar-refractivity contribution in [3.05, 3.63) is 54.1 Å². The number of hydrogen-bond donors (Lipinski definition) is 2. The minimum Gasteiger partial charge on any atom is -0.508 e. The number of aromatic hydroxyl groups is 1. The van der Waals surface area contributed by atoms with Gasteiger partial charge in [0.25, 0.3) is 5.91 Å². The molecule has 0 spiro atoms. The van der Waals surface area contributed by atoms with Crippen LogP contribution < -0.4 is 0 Å². The largest absolute Gasteiger partial charge is 0.508 e. The Morgan fingerprint density at radius 2 is 1.38 bits per heavy atom. The van der Waals surface area contributed by atoms with Crippen LogP contribution in [0.3, 0.4) is 0 Å². The van der Waals surface area contributed by atoms with Crippen molar-refractivity contribution in [3.8, 4) is 16.9 Å². The molecule has 0 atom stereocenters. The molecule has 2 aromatic rings. The summed E-state index contributed by atoms with van der Waals surface area (Å²) in [6.45, 7) is 5.22. The van der Waals surface area contributed by atoms with Crippen molar-refractivity contribution in [3.63, 3.8) is 0 Å². The lowest BCUT2D eigenvalue weighted by Crippen LogP contribution is -2.40. The molecule has 3 rings (SSSR count). The zero-order valence-electron chi connectivity index (χ0n) is 14.3. The van der Waals surface area contributed by atoms with E-state index in [0.717, 1.165) is 11.1 Å². The van der Waals surface area contributed by atoms with E-state index in [4.69, 9.17) is 0 Å². The number of piperidine rings is 1. The van der Waals surface area contributed by atoms with Crippen LogP contribution in [-0.4, -0.2) is 40.2 Å². The number of nitrogens with zero attached hydrogens (tertiary/aromatic N) is 1. The number of aliphatic hydroxyl groups excluding tert-OH is 1. The van der Waals surface area contributed by atoms with E-state index >= 15 is 0 Å². The maximum Gasteiger partial charge on any atom is 0.253 e. The van der Waals surface area contributed by atoms with Gasteiger partial charge in [-0.15, -0.1) is 0 Å². The molecule has 24 heavy (non-hydrogen) atoms. The molecular formula is C20H25NO3. The van der Waals surface area contributed by atoms with Crippen molar-refractivity contribution in [2.75, 3.05) is 13.1 Å². The molecule has 4 nitrogen and oxygen atoms in total. The first-order valence-electron chi connectivity index (χ1n) is 8.50. The Morgan fingerprint density at radius 3 is 1.88 bits per heavy atom. The van der Waals surface area contributed by atoms with Gasteiger partial charge >= 0.3 is 0 Å². The highest BCUT2D eigenvalue weighted by atomic mass is 16.3. The minimum absolute atomic E-state index is 0.0177. The van der Waals surface area contributed by atoms with Crippen molar-refractivity contribution in [2.24, 2.45) is 0 Å². The van der Waals surface area contributed by atoms with Crippen LogP contribution in [0.5, 0.6) is 5.75 Å². The number of carbonyl (C=O) groups is 1. The van der Waals surface area contributed by atoms with Crippen LogP contribution in [0.25, 0.3) is 11.1 Å². The number of hydrogen-bond acceptors (Lipinski definition) is 3. The lowest BCUT2D eigenvalue weighted by atomic mass is 10.0. The number of aliphatic hydroxyl groups is 1. The van der Waals surface area contributed by atoms with Crippen LogP contribution in [-0.2, 0) is 0 Å². The van der Waals surface area contributed by atoms with Gasteiger partial charge in [-0.3, -0.25) is 4.79 Å². The van der Waals surface area contributed by atoms with Crippen LogP contribution in [0, 0.1) is 0 Å². The van der Waals surface area contributed by atoms with E-state index in [2.05, 4.69) is 0 Å². The maximum atomic E-state index is 12.4. The van der Waals surface area contributed by atoms with Gasteiger partial charge in [-0.05, 0) is 48.2 Å². The van der Waals surface area contributed by atoms with Crippen LogP contribution in [0.2, 0.25) is 0 Å². The predicted octanol–water partition coefficient (Wildman–Crippen LogP) is 3.68. The maximum absolute atomic E-state index is 12.4. The topological polar surface area (TPSA) is 60.8 Å². The van der Waals surface area contributed by atoms with Gasteiger partial charge in [-0.25, -0.2) is 0 Å². The molecule has 1 aliphatic rings. The average Bonchev–Trinajstić information content (AvgIpc) is 2.64. The number of rotatable bonds is 2. The van der Waals surface area contributed by atoms with E-state index in [9.17, 15) is 15.0 Å². The summed E-state index contributed by atoms with van der Waals surface area (Å²) in [7, 11) is 0. The summed E-state index contributed by atoms with van der Waals surface area (Å²) >= 11 is 0. The smallest absolute Gasteiger partial charge is 0.253 e. The Bertz CT molecular complexity index is 642. The second kappa shape index (κ2) is 8.50. The van der Waals surface area contributed by atoms with Crippen LogP contribution in [0.1, 0.15) is 37.0 Å². The molecule has 0 aliphatic carbocycles. The van der Waals surface area contributed by atoms with Crippen LogP contribution >= 0.6 is 0 Å². The summed E-state index contributed by atoms with van der Waals surface area (Å²) in [5.74, 6) is 0.256. The number of benzene rings is 2. The fourth-order valence-electron chi connectivity index (χ4n) is 2.71. The van der Waals surface area contributed by atoms with Crippen molar-refractivity contribution in [2.45, 2.75) is 32.8 Å². The van der Waals surface area contributed by atoms with Gasteiger partial charge in [0.1, 0.15) is 5.75 Å². The summed E-state index contributed by atoms with van der Waals surface area (Å²) in [4.78, 5) is 14.2. The van der Waals surface area contributed by atoms with E-state index in [1.165, 1.54) is 0 Å². The number of phenols is 1. The normalized spacial score (nSPS) is 14.7. The summed E-state index contributed by atoms with van der Waals surface area (Å²) < 4.78 is 0. The van der Waals surface area contributed by atoms with Gasteiger partial charge in [-0.1, -0.05) is 38.1 Å². The Morgan fingerprint density at radius 1 is 0.917 bits per heavy atom. The SMILES string of the molecule is CC.O=C(c1ccc(-c2ccc(O)cc2)cc1)N1CCC(O)CC1. The summed E-state index contributed by atoms with van der Waals surface area (Å²) in [5.41, 5.74) is 2.67. The molecule has 1 amide bonds. The van der Waals surface area contributed by atoms with E-state index in [1.807, 2.05) is 50.2 Å². The molecule has 0 unspecified atom stereocenters. The van der Waals surface area contributed by atoms with Gasteiger partial charge in [0, 0.05) is 18.7 Å². The molecule has 0 radical (unpaired) electrons. The second-order valence-corrected chi connectivity index (χ2v) is 5.65. The third-order valence-electron chi connectivity index (χ3n) is 4.08. The zero-order chi connectivity index (χ0) is 17.5. The molecule has 2 N–H and O–H groups in total. The highest BCUT2D eigenvalue weighted by Gasteiger charge is 2.22. The minimum atomic E-state index is -0.277. The van der Waals surface area contributed by atoms with Crippen molar-refractivity contribution >= 4 is 5.91 Å². The molecular weight excluding hydrogens is 302 g/mol. The Balaban J connectivity index is 0.00000100. The number of amides is 1. The molecule has 0 aromatic heterocycles. The third kappa shape index (κ3) is 4.36. The third-order valence-corrected chi connectivity index (χ3v) is 4.08. The lowest BCUT2D eigenvalue weighted by Gasteiger charge is -2.29. The van der Waals surface area contributed by atoms with E-state index in [1.54, 1.807) is 17.0 Å². The second-order valence-electron chi connectivity index (χ2n) is 5.65. The molecule has 1 fully saturated rings. The average molecular weight is 327 g/mol. The molecule has 1 aliphatic heterocycles. The van der Waals surface area contributed by atoms with E-state index < -0.39 is 0 Å². The molecule has 0 saturated carbocycles. The summed E-state index contributed by atoms with van der Waals surface area (Å²) in [6.07, 6.45) is 1.02. The van der Waals surface area contributed by atoms with E-state index in [0.29, 0.717) is 31.5 Å². The van der Waals surface area contributed by atoms with Gasteiger partial charge in [0.15, 0.2) is 0 Å². The van der Waals surface area contributed by atoms with Gasteiger partial charge in [0.05, 0.1) is 6.10 Å². The van der Waals surface area contributed by atoms with Crippen molar-refractivity contribution in [1.82, 2.24) is 4.90 Å². The Hall–Kier alpha value is -2.33. The van der Waals surface area contributed by atoms with E-state index in [-0.39, 0.29) is 17.8 Å². The Kier molecular flexibility index (Phi) is 6.38. The summed E-state index contributed by atoms with van der Waals surface area (Å²) in [5, 5.41) is 18.8. The number of likely N-dealkylation sites (tertiary alicyclic amines) is 1. The fraction of sp³-hybridized carbons (Fsp3) is 0.350. The van der Waals surface area contributed by atoms with Crippen LogP contribution in [0.15, 0.2) is 48.5 Å². The first-order valence-corrected chi connectivity index (χ1v) is 8.50. The highest BCUT2D eigenvalue weighted by molar-refractivity contribution is 5.94. The Labute approximate surface area is 143 Å². The first-order chi connectivity index (χ1) is 11.6. The lowest BCUT2D eigenvalue weighted by molar-refractivity contribution is 0.0546. The molecule has 4 heteroatoms. The standard InChI is InChI=1S/C18H19NO3.C2H6/c20-16-7-5-14(6-8-16)13-1-3-15(4-2-13)18(22)19-11-9-17(21)10-12-19;1-2/h1-8,17,20-21H,9-12H2;1-2H3. The monoisotopic (exact) mass is 327 g/mol. The van der Waals surface area contributed by atoms with Crippen LogP contribution in [0.4, 0.5) is 0 Å². The molecule has 1 heterocycles. The zero-order valence-corrected chi connectivity index (χ0v) is 14.3. The highest BCUT2D eigenvalue weighted by Crippen LogP contribution is 2.23. The summed E-state index contributed by atoms with van der Waals surface area (Å²) in [6, 6.07) is 14.5. The molecule has 1 saturated heterocycles. The quantitative estimate of drug-likeness (QED) is 0.884. The van der Waals surface area contributed by atoms with Gasteiger partial charge in [-0.2, -0.15) is 0 Å². The molecule has 0 bridgehead atoms. The van der Waals surface area contributed by atoms with Crippen molar-refractivity contribution < 1.29 is 15.0 Å². The molecule has 128 valence electrons. The first kappa shape index (κ1) is 18.0. The number of phenolic OH excluding ortho intramolecular Hbond substituents is 1. The number of carbonyl (C=O) groups excluding carboxylic acids is 1. The molecule has 2 aromatic carbocycles. The fourth-order valence-corrected chi connectivity index (χ4v) is 2.71. The van der Waals surface area contributed by atoms with Gasteiger partial charge < -0.3 is 15.1 Å². The predicted molar refractivity (Wildman–Crippen MR) is 96.0 cm³/mol. The van der Waals surface area contributed by atoms with Gasteiger partial charge in [0.2, 0.25) is 0 Å². The van der Waals surface area contributed by atoms with Crippen molar-refractivity contribution in [1.29, 1.82) is 0 Å².